The highest BCUT2D eigenvalue weighted by Gasteiger charge is 2.59. The van der Waals surface area contributed by atoms with Crippen LogP contribution >= 0.6 is 0 Å². The van der Waals surface area contributed by atoms with Crippen molar-refractivity contribution in [3.8, 4) is 6.07 Å². The summed E-state index contributed by atoms with van der Waals surface area (Å²) >= 11 is 0. The molecule has 7 heteroatoms. The molecule has 2 rings (SSSR count). The molecule has 2 atom stereocenters. The Morgan fingerprint density at radius 1 is 1.42 bits per heavy atom. The Kier molecular flexibility index (Phi) is 6.12. The van der Waals surface area contributed by atoms with Crippen LogP contribution in [0.25, 0.3) is 0 Å². The van der Waals surface area contributed by atoms with Crippen molar-refractivity contribution in [3.63, 3.8) is 0 Å². The fraction of sp³-hybridized carbons (Fsp3) is 0.368. The van der Waals surface area contributed by atoms with E-state index in [0.29, 0.717) is 0 Å². The summed E-state index contributed by atoms with van der Waals surface area (Å²) in [6, 6.07) is 9.75. The molecule has 1 aromatic carbocycles. The molecule has 1 aromatic rings. The minimum absolute atomic E-state index is 0.00493. The minimum Gasteiger partial charge on any atom is -0.467 e. The van der Waals surface area contributed by atoms with Crippen molar-refractivity contribution in [1.82, 2.24) is 4.90 Å². The molecule has 1 heterocycles. The molecule has 0 radical (unpaired) electrons. The number of benzene rings is 1. The van der Waals surface area contributed by atoms with Gasteiger partial charge >= 0.3 is 12.1 Å². The average Bonchev–Trinajstić information content (AvgIpc) is 2.93. The van der Waals surface area contributed by atoms with E-state index in [9.17, 15) is 14.4 Å². The Bertz CT molecular complexity index is 740. The summed E-state index contributed by atoms with van der Waals surface area (Å²) in [5, 5.41) is 9.16. The van der Waals surface area contributed by atoms with E-state index in [-0.39, 0.29) is 31.8 Å². The highest BCUT2D eigenvalue weighted by atomic mass is 16.6. The molecule has 1 aliphatic rings. The molecule has 0 aliphatic carbocycles. The van der Waals surface area contributed by atoms with Crippen LogP contribution in [0.2, 0.25) is 0 Å². The fourth-order valence-electron chi connectivity index (χ4n) is 3.18. The van der Waals surface area contributed by atoms with Gasteiger partial charge in [0.25, 0.3) is 0 Å². The number of methoxy groups -OCH3 is 1. The van der Waals surface area contributed by atoms with Gasteiger partial charge < -0.3 is 9.47 Å². The zero-order valence-electron chi connectivity index (χ0n) is 14.5. The van der Waals surface area contributed by atoms with Gasteiger partial charge in [0.05, 0.1) is 31.6 Å². The number of carbonyl (C=O) groups excluding carboxylic acids is 3. The first-order chi connectivity index (χ1) is 12.5. The molecule has 0 bridgehead atoms. The number of ether oxygens (including phenoxy) is 2. The molecule has 0 unspecified atom stereocenters. The molecule has 0 aromatic heterocycles. The van der Waals surface area contributed by atoms with E-state index in [1.807, 2.05) is 24.3 Å². The molecule has 1 fully saturated rings. The van der Waals surface area contributed by atoms with Crippen molar-refractivity contribution >= 4 is 17.8 Å². The SMILES string of the molecule is C=CC[C@]1(CC#N)C(=O)CN(C(=O)OCc2ccccc2)[C@@H]1C(=O)OC. The van der Waals surface area contributed by atoms with Gasteiger partial charge in [-0.15, -0.1) is 6.58 Å². The number of nitriles is 1. The number of esters is 1. The summed E-state index contributed by atoms with van der Waals surface area (Å²) in [5.41, 5.74) is -0.592. The van der Waals surface area contributed by atoms with E-state index in [2.05, 4.69) is 6.58 Å². The largest absolute Gasteiger partial charge is 0.467 e. The molecule has 136 valence electrons. The standard InChI is InChI=1S/C19H20N2O5/c1-3-9-19(10-11-20)15(22)12-21(16(19)17(23)25-2)18(24)26-13-14-7-5-4-6-8-14/h3-8,16H,1,9-10,12-13H2,2H3/t16-,19+/m1/s1. The van der Waals surface area contributed by atoms with Gasteiger partial charge in [-0.1, -0.05) is 36.4 Å². The number of Topliss-reactive ketones (excluding diaryl/α,β-unsaturated/α-hetero) is 1. The van der Waals surface area contributed by atoms with E-state index in [0.717, 1.165) is 10.5 Å². The second kappa shape index (κ2) is 8.30. The van der Waals surface area contributed by atoms with E-state index < -0.39 is 23.5 Å². The third-order valence-electron chi connectivity index (χ3n) is 4.47. The predicted octanol–water partition coefficient (Wildman–Crippen LogP) is 2.23. The predicted molar refractivity (Wildman–Crippen MR) is 91.6 cm³/mol. The molecular weight excluding hydrogens is 336 g/mol. The number of amides is 1. The van der Waals surface area contributed by atoms with Gasteiger partial charge in [-0.05, 0) is 12.0 Å². The topological polar surface area (TPSA) is 96.7 Å². The lowest BCUT2D eigenvalue weighted by Crippen LogP contribution is -2.49. The maximum atomic E-state index is 12.6. The van der Waals surface area contributed by atoms with Crippen molar-refractivity contribution in [1.29, 1.82) is 5.26 Å². The highest BCUT2D eigenvalue weighted by molar-refractivity contribution is 6.00. The highest BCUT2D eigenvalue weighted by Crippen LogP contribution is 2.41. The first-order valence-corrected chi connectivity index (χ1v) is 8.06. The van der Waals surface area contributed by atoms with Crippen molar-refractivity contribution in [2.75, 3.05) is 13.7 Å². The maximum absolute atomic E-state index is 12.6. The third kappa shape index (κ3) is 3.59. The smallest absolute Gasteiger partial charge is 0.411 e. The van der Waals surface area contributed by atoms with Crippen LogP contribution in [0.15, 0.2) is 43.0 Å². The van der Waals surface area contributed by atoms with Gasteiger partial charge in [0.2, 0.25) is 0 Å². The van der Waals surface area contributed by atoms with Crippen molar-refractivity contribution in [3.05, 3.63) is 48.6 Å². The average molecular weight is 356 g/mol. The monoisotopic (exact) mass is 356 g/mol. The molecule has 0 saturated carbocycles. The lowest BCUT2D eigenvalue weighted by molar-refractivity contribution is -0.150. The zero-order chi connectivity index (χ0) is 19.2. The molecule has 0 N–H and O–H groups in total. The zero-order valence-corrected chi connectivity index (χ0v) is 14.5. The number of ketones is 1. The van der Waals surface area contributed by atoms with Crippen molar-refractivity contribution < 1.29 is 23.9 Å². The summed E-state index contributed by atoms with van der Waals surface area (Å²) in [5.74, 6) is -1.14. The number of carbonyl (C=O) groups is 3. The van der Waals surface area contributed by atoms with Crippen LogP contribution in [0, 0.1) is 16.7 Å². The van der Waals surface area contributed by atoms with Gasteiger partial charge in [0.1, 0.15) is 12.6 Å². The van der Waals surface area contributed by atoms with Crippen molar-refractivity contribution in [2.24, 2.45) is 5.41 Å². The van der Waals surface area contributed by atoms with Gasteiger partial charge in [0, 0.05) is 0 Å². The Labute approximate surface area is 151 Å². The lowest BCUT2D eigenvalue weighted by atomic mass is 9.74. The molecule has 7 nitrogen and oxygen atoms in total. The van der Waals surface area contributed by atoms with Gasteiger partial charge in [-0.25, -0.2) is 9.59 Å². The quantitative estimate of drug-likeness (QED) is 0.573. The number of hydrogen-bond acceptors (Lipinski definition) is 6. The Morgan fingerprint density at radius 2 is 2.12 bits per heavy atom. The van der Waals surface area contributed by atoms with E-state index in [1.54, 1.807) is 12.1 Å². The summed E-state index contributed by atoms with van der Waals surface area (Å²) < 4.78 is 10.0. The molecule has 1 saturated heterocycles. The number of likely N-dealkylation sites (tertiary alicyclic amines) is 1. The second-order valence-electron chi connectivity index (χ2n) is 6.00. The Hall–Kier alpha value is -3.14. The molecule has 1 aliphatic heterocycles. The normalized spacial score (nSPS) is 21.8. The van der Waals surface area contributed by atoms with Gasteiger partial charge in [0.15, 0.2) is 5.78 Å². The van der Waals surface area contributed by atoms with Gasteiger partial charge in [-0.3, -0.25) is 9.69 Å². The first kappa shape index (κ1) is 19.2. The molecule has 1 amide bonds. The Morgan fingerprint density at radius 3 is 2.69 bits per heavy atom. The van der Waals surface area contributed by atoms with Crippen LogP contribution in [-0.4, -0.2) is 42.4 Å². The van der Waals surface area contributed by atoms with Crippen LogP contribution in [0.4, 0.5) is 4.79 Å². The molecule has 26 heavy (non-hydrogen) atoms. The lowest BCUT2D eigenvalue weighted by Gasteiger charge is -2.31. The Balaban J connectivity index is 2.27. The number of hydrogen-bond donors (Lipinski definition) is 0. The summed E-state index contributed by atoms with van der Waals surface area (Å²) in [7, 11) is 1.17. The summed E-state index contributed by atoms with van der Waals surface area (Å²) in [6.07, 6.45) is 0.521. The third-order valence-corrected chi connectivity index (χ3v) is 4.47. The number of allylic oxidation sites excluding steroid dienone is 1. The first-order valence-electron chi connectivity index (χ1n) is 8.06. The van der Waals surface area contributed by atoms with Crippen LogP contribution in [0.5, 0.6) is 0 Å². The van der Waals surface area contributed by atoms with Crippen LogP contribution in [-0.2, 0) is 25.7 Å². The summed E-state index contributed by atoms with van der Waals surface area (Å²) in [6.45, 7) is 3.29. The van der Waals surface area contributed by atoms with Crippen molar-refractivity contribution in [2.45, 2.75) is 25.5 Å². The van der Waals surface area contributed by atoms with Crippen LogP contribution in [0.3, 0.4) is 0 Å². The van der Waals surface area contributed by atoms with E-state index in [1.165, 1.54) is 13.2 Å². The maximum Gasteiger partial charge on any atom is 0.411 e. The second-order valence-corrected chi connectivity index (χ2v) is 6.00. The number of rotatable bonds is 6. The van der Waals surface area contributed by atoms with E-state index in [4.69, 9.17) is 14.7 Å². The summed E-state index contributed by atoms with van der Waals surface area (Å²) in [4.78, 5) is 38.6. The van der Waals surface area contributed by atoms with Crippen LogP contribution < -0.4 is 0 Å². The minimum atomic E-state index is -1.37. The fourth-order valence-corrected chi connectivity index (χ4v) is 3.18. The molecular formula is C19H20N2O5. The van der Waals surface area contributed by atoms with E-state index >= 15 is 0 Å². The van der Waals surface area contributed by atoms with Crippen LogP contribution in [0.1, 0.15) is 18.4 Å². The van der Waals surface area contributed by atoms with Gasteiger partial charge in [-0.2, -0.15) is 5.26 Å². The molecule has 0 spiro atoms. The number of nitrogens with zero attached hydrogens (tertiary/aromatic N) is 2.